The van der Waals surface area contributed by atoms with Gasteiger partial charge in [0.2, 0.25) is 5.91 Å². The first kappa shape index (κ1) is 16.7. The molecule has 1 amide bonds. The lowest BCUT2D eigenvalue weighted by molar-refractivity contribution is -0.125. The predicted octanol–water partition coefficient (Wildman–Crippen LogP) is 1.26. The molecule has 2 rings (SSSR count). The molecule has 1 aromatic carbocycles. The minimum Gasteiger partial charge on any atom is -0.493 e. The summed E-state index contributed by atoms with van der Waals surface area (Å²) in [6.07, 6.45) is -0.0711. The Hall–Kier alpha value is -1.63. The van der Waals surface area contributed by atoms with Gasteiger partial charge in [-0.25, -0.2) is 0 Å². The number of rotatable bonds is 6. The van der Waals surface area contributed by atoms with Crippen LogP contribution in [0.5, 0.6) is 5.75 Å². The molecule has 0 radical (unpaired) electrons. The highest BCUT2D eigenvalue weighted by atomic mass is 16.5. The zero-order chi connectivity index (χ0) is 16.1. The Morgan fingerprint density at radius 1 is 1.45 bits per heavy atom. The molecule has 1 heterocycles. The van der Waals surface area contributed by atoms with Gasteiger partial charge in [-0.15, -0.1) is 0 Å². The molecule has 2 N–H and O–H groups in total. The van der Waals surface area contributed by atoms with Crippen molar-refractivity contribution in [1.29, 1.82) is 0 Å². The summed E-state index contributed by atoms with van der Waals surface area (Å²) in [5, 5.41) is 13.2. The Labute approximate surface area is 130 Å². The van der Waals surface area contributed by atoms with Crippen molar-refractivity contribution in [1.82, 2.24) is 5.32 Å². The maximum Gasteiger partial charge on any atom is 0.246 e. The quantitative estimate of drug-likeness (QED) is 0.827. The van der Waals surface area contributed by atoms with E-state index in [0.717, 1.165) is 11.1 Å². The van der Waals surface area contributed by atoms with E-state index in [1.807, 2.05) is 19.1 Å². The Morgan fingerprint density at radius 3 is 2.91 bits per heavy atom. The third-order valence-corrected chi connectivity index (χ3v) is 3.61. The lowest BCUT2D eigenvalue weighted by Crippen LogP contribution is -2.34. The summed E-state index contributed by atoms with van der Waals surface area (Å²) in [6.45, 7) is 2.66. The van der Waals surface area contributed by atoms with Gasteiger partial charge in [0, 0.05) is 31.8 Å². The van der Waals surface area contributed by atoms with Crippen LogP contribution >= 0.6 is 0 Å². The number of fused-ring (bicyclic) bond motifs is 1. The summed E-state index contributed by atoms with van der Waals surface area (Å²) in [4.78, 5) is 11.8. The molecule has 0 bridgehead atoms. The van der Waals surface area contributed by atoms with Gasteiger partial charge in [0.25, 0.3) is 0 Å². The van der Waals surface area contributed by atoms with Crippen molar-refractivity contribution in [3.63, 3.8) is 0 Å². The molecule has 0 saturated heterocycles. The number of amides is 1. The standard InChI is InChI=1S/C16H23NO5/c1-10-6-11-13(17-15(19)9-21-3)4-5-22-16(11)12(7-10)14(18)8-20-2/h6-7,13-14,18H,4-5,8-9H2,1-3H3,(H,17,19). The smallest absolute Gasteiger partial charge is 0.246 e. The Morgan fingerprint density at radius 2 is 2.23 bits per heavy atom. The van der Waals surface area contributed by atoms with Crippen LogP contribution in [0.4, 0.5) is 0 Å². The molecule has 0 spiro atoms. The topological polar surface area (TPSA) is 77.0 Å². The molecule has 2 atom stereocenters. The van der Waals surface area contributed by atoms with Crippen LogP contribution in [0.15, 0.2) is 12.1 Å². The number of carbonyl (C=O) groups is 1. The Bertz CT molecular complexity index is 532. The van der Waals surface area contributed by atoms with Crippen molar-refractivity contribution in [3.05, 3.63) is 28.8 Å². The fourth-order valence-corrected chi connectivity index (χ4v) is 2.70. The number of nitrogens with one attached hydrogen (secondary N) is 1. The minimum atomic E-state index is -0.757. The van der Waals surface area contributed by atoms with Gasteiger partial charge in [-0.05, 0) is 13.0 Å². The lowest BCUT2D eigenvalue weighted by Gasteiger charge is -2.30. The van der Waals surface area contributed by atoms with Crippen LogP contribution in [-0.2, 0) is 14.3 Å². The molecule has 6 heteroatoms. The fraction of sp³-hybridized carbons (Fsp3) is 0.562. The second kappa shape index (κ2) is 7.58. The predicted molar refractivity (Wildman–Crippen MR) is 80.9 cm³/mol. The largest absolute Gasteiger partial charge is 0.493 e. The molecule has 1 aliphatic rings. The van der Waals surface area contributed by atoms with Crippen LogP contribution in [0.25, 0.3) is 0 Å². The second-order valence-electron chi connectivity index (χ2n) is 5.43. The van der Waals surface area contributed by atoms with Crippen molar-refractivity contribution < 1.29 is 24.1 Å². The molecule has 22 heavy (non-hydrogen) atoms. The number of hydrogen-bond donors (Lipinski definition) is 2. The number of methoxy groups -OCH3 is 2. The van der Waals surface area contributed by atoms with E-state index < -0.39 is 6.10 Å². The van der Waals surface area contributed by atoms with Crippen LogP contribution in [0.3, 0.4) is 0 Å². The third kappa shape index (κ3) is 3.76. The van der Waals surface area contributed by atoms with E-state index in [0.29, 0.717) is 24.3 Å². The molecular formula is C16H23NO5. The molecule has 0 saturated carbocycles. The number of aliphatic hydroxyl groups is 1. The molecule has 122 valence electrons. The number of benzene rings is 1. The summed E-state index contributed by atoms with van der Waals surface area (Å²) in [5.41, 5.74) is 2.59. The van der Waals surface area contributed by atoms with Crippen molar-refractivity contribution in [2.75, 3.05) is 34.0 Å². The van der Waals surface area contributed by atoms with Crippen LogP contribution < -0.4 is 10.1 Å². The first-order valence-electron chi connectivity index (χ1n) is 7.29. The van der Waals surface area contributed by atoms with Gasteiger partial charge >= 0.3 is 0 Å². The second-order valence-corrected chi connectivity index (χ2v) is 5.43. The first-order chi connectivity index (χ1) is 10.6. The molecule has 0 fully saturated rings. The Kier molecular flexibility index (Phi) is 5.76. The van der Waals surface area contributed by atoms with Gasteiger partial charge in [-0.1, -0.05) is 11.6 Å². The highest BCUT2D eigenvalue weighted by molar-refractivity contribution is 5.78. The maximum absolute atomic E-state index is 11.8. The summed E-state index contributed by atoms with van der Waals surface area (Å²) >= 11 is 0. The third-order valence-electron chi connectivity index (χ3n) is 3.61. The van der Waals surface area contributed by atoms with Crippen molar-refractivity contribution in [3.8, 4) is 5.75 Å². The fourth-order valence-electron chi connectivity index (χ4n) is 2.70. The monoisotopic (exact) mass is 309 g/mol. The van der Waals surface area contributed by atoms with E-state index in [1.54, 1.807) is 7.11 Å². The molecule has 2 unspecified atom stereocenters. The van der Waals surface area contributed by atoms with Crippen molar-refractivity contribution in [2.24, 2.45) is 0 Å². The van der Waals surface area contributed by atoms with Gasteiger partial charge < -0.3 is 24.6 Å². The van der Waals surface area contributed by atoms with E-state index in [1.165, 1.54) is 7.11 Å². The van der Waals surface area contributed by atoms with E-state index in [-0.39, 0.29) is 25.2 Å². The average molecular weight is 309 g/mol. The lowest BCUT2D eigenvalue weighted by atomic mass is 9.93. The van der Waals surface area contributed by atoms with E-state index in [4.69, 9.17) is 14.2 Å². The molecule has 1 aliphatic heterocycles. The van der Waals surface area contributed by atoms with Gasteiger partial charge in [-0.2, -0.15) is 0 Å². The first-order valence-corrected chi connectivity index (χ1v) is 7.29. The number of aryl methyl sites for hydroxylation is 1. The molecule has 6 nitrogen and oxygen atoms in total. The van der Waals surface area contributed by atoms with E-state index in [2.05, 4.69) is 5.32 Å². The van der Waals surface area contributed by atoms with Gasteiger partial charge in [0.15, 0.2) is 0 Å². The number of aliphatic hydroxyl groups excluding tert-OH is 1. The van der Waals surface area contributed by atoms with Crippen LogP contribution in [0, 0.1) is 6.92 Å². The zero-order valence-corrected chi connectivity index (χ0v) is 13.2. The highest BCUT2D eigenvalue weighted by Crippen LogP contribution is 2.38. The summed E-state index contributed by atoms with van der Waals surface area (Å²) < 4.78 is 15.6. The molecule has 0 aliphatic carbocycles. The van der Waals surface area contributed by atoms with Gasteiger partial charge in [0.05, 0.1) is 19.3 Å². The average Bonchev–Trinajstić information content (AvgIpc) is 2.47. The molecular weight excluding hydrogens is 286 g/mol. The van der Waals surface area contributed by atoms with Crippen molar-refractivity contribution >= 4 is 5.91 Å². The molecule has 1 aromatic rings. The molecule has 0 aromatic heterocycles. The number of hydrogen-bond acceptors (Lipinski definition) is 5. The Balaban J connectivity index is 2.32. The van der Waals surface area contributed by atoms with E-state index >= 15 is 0 Å². The van der Waals surface area contributed by atoms with Crippen LogP contribution in [0.1, 0.15) is 35.3 Å². The SMILES string of the molecule is COCC(=O)NC1CCOc2c(C(O)COC)cc(C)cc21. The number of ether oxygens (including phenoxy) is 3. The van der Waals surface area contributed by atoms with Crippen LogP contribution in [-0.4, -0.2) is 45.1 Å². The minimum absolute atomic E-state index is 0.0255. The summed E-state index contributed by atoms with van der Waals surface area (Å²) in [7, 11) is 3.03. The normalized spacial score (nSPS) is 18.3. The highest BCUT2D eigenvalue weighted by Gasteiger charge is 2.27. The number of carbonyl (C=O) groups excluding carboxylic acids is 1. The summed E-state index contributed by atoms with van der Waals surface area (Å²) in [6, 6.07) is 3.73. The van der Waals surface area contributed by atoms with Gasteiger partial charge in [0.1, 0.15) is 18.5 Å². The van der Waals surface area contributed by atoms with Gasteiger partial charge in [-0.3, -0.25) is 4.79 Å². The maximum atomic E-state index is 11.8. The van der Waals surface area contributed by atoms with Crippen molar-refractivity contribution in [2.45, 2.75) is 25.5 Å². The van der Waals surface area contributed by atoms with E-state index in [9.17, 15) is 9.90 Å². The van der Waals surface area contributed by atoms with Crippen LogP contribution in [0.2, 0.25) is 0 Å². The summed E-state index contributed by atoms with van der Waals surface area (Å²) in [5.74, 6) is 0.477. The zero-order valence-electron chi connectivity index (χ0n) is 13.2.